The normalized spacial score (nSPS) is 21.9. The van der Waals surface area contributed by atoms with Gasteiger partial charge in [0, 0.05) is 41.7 Å². The lowest BCUT2D eigenvalue weighted by Crippen LogP contribution is -2.60. The van der Waals surface area contributed by atoms with E-state index < -0.39 is 29.4 Å². The smallest absolute Gasteiger partial charge is 0.415 e. The molecule has 13 heteroatoms. The SMILES string of the molecule is CC[C@@]1(O)C(=O)OCc2c1cc1n(c2=O)Cc2cc3c(CN(C)C)c(OC(=O)N4[C@H](C)CN(C(=O)OC(C)(C)C)C[C@H]4C)ccc3nc2-1. The monoisotopic (exact) mass is 661 g/mol. The van der Waals surface area contributed by atoms with Crippen molar-refractivity contribution in [3.8, 4) is 17.1 Å². The summed E-state index contributed by atoms with van der Waals surface area (Å²) in [6.45, 7) is 12.0. The van der Waals surface area contributed by atoms with Crippen LogP contribution in [-0.4, -0.2) is 92.4 Å². The summed E-state index contributed by atoms with van der Waals surface area (Å²) in [5.74, 6) is -0.376. The molecule has 13 nitrogen and oxygen atoms in total. The number of fused-ring (bicyclic) bond motifs is 5. The Hall–Kier alpha value is -4.49. The summed E-state index contributed by atoms with van der Waals surface area (Å²) < 4.78 is 18.4. The van der Waals surface area contributed by atoms with Gasteiger partial charge in [-0.25, -0.2) is 19.4 Å². The minimum Gasteiger partial charge on any atom is -0.458 e. The molecule has 2 amide bonds. The number of benzene rings is 1. The van der Waals surface area contributed by atoms with Gasteiger partial charge in [0.05, 0.1) is 41.1 Å². The summed E-state index contributed by atoms with van der Waals surface area (Å²) in [6.07, 6.45) is -0.868. The number of carbonyl (C=O) groups excluding carboxylic acids is 3. The number of esters is 1. The number of piperazine rings is 1. The van der Waals surface area contributed by atoms with Crippen molar-refractivity contribution in [2.45, 2.75) is 90.9 Å². The van der Waals surface area contributed by atoms with Crippen molar-refractivity contribution < 1.29 is 33.7 Å². The lowest BCUT2D eigenvalue weighted by Gasteiger charge is -2.43. The van der Waals surface area contributed by atoms with Gasteiger partial charge in [0.1, 0.15) is 18.0 Å². The second-order valence-corrected chi connectivity index (χ2v) is 14.3. The zero-order valence-corrected chi connectivity index (χ0v) is 28.7. The van der Waals surface area contributed by atoms with Crippen molar-refractivity contribution in [2.24, 2.45) is 0 Å². The molecule has 3 aliphatic heterocycles. The fourth-order valence-electron chi connectivity index (χ4n) is 6.97. The number of amides is 2. The summed E-state index contributed by atoms with van der Waals surface area (Å²) in [5.41, 5.74) is 0.966. The largest absolute Gasteiger partial charge is 0.458 e. The van der Waals surface area contributed by atoms with E-state index in [4.69, 9.17) is 19.2 Å². The van der Waals surface area contributed by atoms with Crippen LogP contribution in [-0.2, 0) is 39.6 Å². The molecule has 3 atom stereocenters. The Morgan fingerprint density at radius 2 is 1.79 bits per heavy atom. The molecule has 0 aliphatic carbocycles. The standard InChI is InChI=1S/C35H43N5O8/c1-9-35(45)25-13-27-29-21(16-39(27)30(41)24(25)18-46-31(35)42)12-22-23(17-37(7)8)28(11-10-26(22)36-29)47-33(44)40-19(2)14-38(15-20(40)3)32(43)48-34(4,5)6/h10-13,19-20,45H,9,14-18H2,1-8H3/t19-,20-,35+/m1/s1. The van der Waals surface area contributed by atoms with E-state index in [-0.39, 0.29) is 48.3 Å². The molecule has 0 bridgehead atoms. The van der Waals surface area contributed by atoms with Crippen LogP contribution in [0, 0.1) is 0 Å². The molecule has 1 aromatic carbocycles. The van der Waals surface area contributed by atoms with Crippen LogP contribution in [0.25, 0.3) is 22.3 Å². The van der Waals surface area contributed by atoms with Crippen LogP contribution in [0.4, 0.5) is 9.59 Å². The summed E-state index contributed by atoms with van der Waals surface area (Å²) in [7, 11) is 3.84. The van der Waals surface area contributed by atoms with E-state index in [9.17, 15) is 24.3 Å². The molecule has 0 saturated carbocycles. The minimum atomic E-state index is -1.91. The van der Waals surface area contributed by atoms with E-state index in [0.29, 0.717) is 42.3 Å². The maximum absolute atomic E-state index is 13.7. The summed E-state index contributed by atoms with van der Waals surface area (Å²) >= 11 is 0. The average Bonchev–Trinajstić information content (AvgIpc) is 3.36. The molecular weight excluding hydrogens is 618 g/mol. The van der Waals surface area contributed by atoms with Gasteiger partial charge in [-0.15, -0.1) is 0 Å². The second-order valence-electron chi connectivity index (χ2n) is 14.3. The second kappa shape index (κ2) is 11.9. The van der Waals surface area contributed by atoms with Gasteiger partial charge in [0.2, 0.25) is 0 Å². The molecule has 0 unspecified atom stereocenters. The van der Waals surface area contributed by atoms with Crippen LogP contribution in [0.15, 0.2) is 29.1 Å². The first-order valence-electron chi connectivity index (χ1n) is 16.3. The first-order valence-corrected chi connectivity index (χ1v) is 16.3. The molecule has 48 heavy (non-hydrogen) atoms. The van der Waals surface area contributed by atoms with Crippen molar-refractivity contribution >= 4 is 29.1 Å². The maximum Gasteiger partial charge on any atom is 0.415 e. The lowest BCUT2D eigenvalue weighted by molar-refractivity contribution is -0.172. The third-order valence-corrected chi connectivity index (χ3v) is 9.21. The Morgan fingerprint density at radius 3 is 2.42 bits per heavy atom. The predicted molar refractivity (Wildman–Crippen MR) is 177 cm³/mol. The fraction of sp³-hybridized carbons (Fsp3) is 0.514. The van der Waals surface area contributed by atoms with Gasteiger partial charge in [-0.2, -0.15) is 0 Å². The molecule has 5 heterocycles. The molecule has 1 saturated heterocycles. The zero-order chi connectivity index (χ0) is 34.9. The molecule has 0 spiro atoms. The third-order valence-electron chi connectivity index (χ3n) is 9.21. The van der Waals surface area contributed by atoms with E-state index in [2.05, 4.69) is 0 Å². The van der Waals surface area contributed by atoms with Gasteiger partial charge in [-0.1, -0.05) is 6.92 Å². The Labute approximate surface area is 279 Å². The van der Waals surface area contributed by atoms with Gasteiger partial charge >= 0.3 is 18.2 Å². The Balaban J connectivity index is 1.33. The van der Waals surface area contributed by atoms with Gasteiger partial charge in [-0.3, -0.25) is 9.69 Å². The lowest BCUT2D eigenvalue weighted by atomic mass is 9.86. The number of ether oxygens (including phenoxy) is 3. The van der Waals surface area contributed by atoms with Crippen LogP contribution in [0.5, 0.6) is 5.75 Å². The third kappa shape index (κ3) is 5.68. The van der Waals surface area contributed by atoms with Gasteiger partial charge < -0.3 is 33.7 Å². The zero-order valence-electron chi connectivity index (χ0n) is 28.7. The first-order chi connectivity index (χ1) is 22.5. The van der Waals surface area contributed by atoms with Crippen molar-refractivity contribution in [2.75, 3.05) is 27.2 Å². The highest BCUT2D eigenvalue weighted by Gasteiger charge is 2.45. The van der Waals surface area contributed by atoms with Crippen LogP contribution in [0.3, 0.4) is 0 Å². The van der Waals surface area contributed by atoms with Crippen molar-refractivity contribution in [1.82, 2.24) is 24.3 Å². The fourth-order valence-corrected chi connectivity index (χ4v) is 6.97. The Morgan fingerprint density at radius 1 is 1.10 bits per heavy atom. The molecule has 6 rings (SSSR count). The molecule has 1 N–H and O–H groups in total. The molecule has 0 radical (unpaired) electrons. The quantitative estimate of drug-likeness (QED) is 0.319. The van der Waals surface area contributed by atoms with Crippen LogP contribution < -0.4 is 10.3 Å². The topological polar surface area (TPSA) is 144 Å². The molecule has 1 fully saturated rings. The van der Waals surface area contributed by atoms with E-state index in [0.717, 1.165) is 16.5 Å². The number of hydrogen-bond acceptors (Lipinski definition) is 10. The summed E-state index contributed by atoms with van der Waals surface area (Å²) in [4.78, 5) is 62.8. The first kappa shape index (κ1) is 33.4. The Bertz CT molecular complexity index is 1880. The predicted octanol–water partition coefficient (Wildman–Crippen LogP) is 3.97. The summed E-state index contributed by atoms with van der Waals surface area (Å²) in [5, 5.41) is 12.0. The number of carbonyl (C=O) groups is 3. The van der Waals surface area contributed by atoms with Crippen molar-refractivity contribution in [3.05, 3.63) is 56.9 Å². The highest BCUT2D eigenvalue weighted by Crippen LogP contribution is 2.40. The highest BCUT2D eigenvalue weighted by atomic mass is 16.6. The molecule has 2 aromatic heterocycles. The van der Waals surface area contributed by atoms with E-state index in [1.807, 2.05) is 59.7 Å². The van der Waals surface area contributed by atoms with Gasteiger partial charge in [0.15, 0.2) is 5.60 Å². The average molecular weight is 662 g/mol. The van der Waals surface area contributed by atoms with E-state index >= 15 is 0 Å². The van der Waals surface area contributed by atoms with Gasteiger partial charge in [0.25, 0.3) is 5.56 Å². The highest BCUT2D eigenvalue weighted by molar-refractivity contribution is 5.90. The number of pyridine rings is 2. The number of aromatic nitrogens is 2. The van der Waals surface area contributed by atoms with Crippen LogP contribution in [0.2, 0.25) is 0 Å². The molecule has 256 valence electrons. The van der Waals surface area contributed by atoms with Crippen molar-refractivity contribution in [3.63, 3.8) is 0 Å². The number of hydrogen-bond donors (Lipinski definition) is 1. The number of cyclic esters (lactones) is 1. The molecule has 3 aliphatic rings. The number of rotatable bonds is 4. The summed E-state index contributed by atoms with van der Waals surface area (Å²) in [6, 6.07) is 6.54. The number of nitrogens with zero attached hydrogens (tertiary/aromatic N) is 5. The molecule has 3 aromatic rings. The van der Waals surface area contributed by atoms with E-state index in [1.54, 1.807) is 39.5 Å². The molecular formula is C35H43N5O8. The number of aliphatic hydroxyl groups is 1. The van der Waals surface area contributed by atoms with Crippen molar-refractivity contribution in [1.29, 1.82) is 0 Å². The maximum atomic E-state index is 13.7. The Kier molecular flexibility index (Phi) is 8.27. The van der Waals surface area contributed by atoms with Crippen LogP contribution >= 0.6 is 0 Å². The van der Waals surface area contributed by atoms with Gasteiger partial charge in [-0.05, 0) is 79.4 Å². The van der Waals surface area contributed by atoms with Crippen LogP contribution in [0.1, 0.15) is 70.2 Å². The van der Waals surface area contributed by atoms with E-state index in [1.165, 1.54) is 0 Å². The minimum absolute atomic E-state index is 0.0616.